The molecule has 1 aliphatic carbocycles. The van der Waals surface area contributed by atoms with E-state index in [1.54, 1.807) is 7.11 Å². The first-order valence-corrected chi connectivity index (χ1v) is 11.4. The molecule has 1 aromatic heterocycles. The Morgan fingerprint density at radius 1 is 1.31 bits per heavy atom. The summed E-state index contributed by atoms with van der Waals surface area (Å²) in [6.45, 7) is 6.03. The summed E-state index contributed by atoms with van der Waals surface area (Å²) in [4.78, 5) is 7.50. The van der Waals surface area contributed by atoms with E-state index in [0.29, 0.717) is 6.61 Å². The summed E-state index contributed by atoms with van der Waals surface area (Å²) in [5.41, 5.74) is 2.46. The maximum absolute atomic E-state index is 6.04. The molecule has 0 spiro atoms. The summed E-state index contributed by atoms with van der Waals surface area (Å²) >= 11 is 0. The molecule has 1 unspecified atom stereocenters. The smallest absolute Gasteiger partial charge is 0.194 e. The molecule has 2 aliphatic rings. The Morgan fingerprint density at radius 3 is 2.78 bits per heavy atom. The molecule has 2 heterocycles. The third kappa shape index (κ3) is 5.39. The van der Waals surface area contributed by atoms with Crippen LogP contribution < -0.4 is 10.1 Å². The standard InChI is InChI=1S/C24H35N5O2.HI/c1-4-25-23(29-13-14-31-22(17-29)19-15-27-28(2)16-19)26-18-24(11-7-8-12-24)20-9-5-6-10-21(20)30-3;/h5-6,9-10,15-16,22H,4,7-8,11-14,17-18H2,1-3H3,(H,25,26);1H. The molecular weight excluding hydrogens is 517 g/mol. The molecule has 2 fully saturated rings. The van der Waals surface area contributed by atoms with E-state index in [2.05, 4.69) is 40.4 Å². The van der Waals surface area contributed by atoms with Crippen LogP contribution in [0, 0.1) is 0 Å². The van der Waals surface area contributed by atoms with Gasteiger partial charge in [0.25, 0.3) is 0 Å². The highest BCUT2D eigenvalue weighted by Gasteiger charge is 2.38. The first-order chi connectivity index (χ1) is 15.1. The monoisotopic (exact) mass is 553 g/mol. The van der Waals surface area contributed by atoms with Gasteiger partial charge >= 0.3 is 0 Å². The lowest BCUT2D eigenvalue weighted by atomic mass is 9.78. The highest BCUT2D eigenvalue weighted by Crippen LogP contribution is 2.45. The van der Waals surface area contributed by atoms with Gasteiger partial charge in [0.15, 0.2) is 5.96 Å². The van der Waals surface area contributed by atoms with Gasteiger partial charge in [0, 0.05) is 42.9 Å². The van der Waals surface area contributed by atoms with E-state index in [1.165, 1.54) is 18.4 Å². The maximum Gasteiger partial charge on any atom is 0.194 e. The molecule has 8 heteroatoms. The molecule has 1 N–H and O–H groups in total. The minimum atomic E-state index is 0. The van der Waals surface area contributed by atoms with Gasteiger partial charge in [-0.15, -0.1) is 24.0 Å². The molecule has 1 saturated carbocycles. The number of nitrogens with zero attached hydrogens (tertiary/aromatic N) is 4. The zero-order valence-electron chi connectivity index (χ0n) is 19.4. The molecule has 2 aromatic rings. The van der Waals surface area contributed by atoms with E-state index in [0.717, 1.165) is 56.3 Å². The Labute approximate surface area is 208 Å². The Morgan fingerprint density at radius 2 is 2.09 bits per heavy atom. The van der Waals surface area contributed by atoms with Crippen LogP contribution in [0.25, 0.3) is 0 Å². The first-order valence-electron chi connectivity index (χ1n) is 11.4. The average molecular weight is 553 g/mol. The Balaban J connectivity index is 0.00000289. The van der Waals surface area contributed by atoms with Crippen LogP contribution in [-0.4, -0.2) is 60.5 Å². The summed E-state index contributed by atoms with van der Waals surface area (Å²) in [6.07, 6.45) is 8.73. The quantitative estimate of drug-likeness (QED) is 0.334. The number of rotatable bonds is 6. The van der Waals surface area contributed by atoms with E-state index in [4.69, 9.17) is 14.5 Å². The van der Waals surface area contributed by atoms with E-state index >= 15 is 0 Å². The fourth-order valence-corrected chi connectivity index (χ4v) is 4.95. The second kappa shape index (κ2) is 11.4. The van der Waals surface area contributed by atoms with Crippen molar-refractivity contribution in [3.05, 3.63) is 47.8 Å². The molecule has 0 bridgehead atoms. The highest BCUT2D eigenvalue weighted by molar-refractivity contribution is 14.0. The van der Waals surface area contributed by atoms with E-state index in [1.807, 2.05) is 30.2 Å². The van der Waals surface area contributed by atoms with Crippen LogP contribution in [0.3, 0.4) is 0 Å². The molecule has 4 rings (SSSR count). The second-order valence-electron chi connectivity index (χ2n) is 8.61. The molecule has 1 aromatic carbocycles. The van der Waals surface area contributed by atoms with Gasteiger partial charge in [-0.1, -0.05) is 31.0 Å². The van der Waals surface area contributed by atoms with Crippen LogP contribution in [0.15, 0.2) is 41.7 Å². The summed E-state index contributed by atoms with van der Waals surface area (Å²) in [6, 6.07) is 8.46. The highest BCUT2D eigenvalue weighted by atomic mass is 127. The summed E-state index contributed by atoms with van der Waals surface area (Å²) < 4.78 is 13.6. The number of halogens is 1. The van der Waals surface area contributed by atoms with Gasteiger partial charge in [-0.05, 0) is 25.8 Å². The van der Waals surface area contributed by atoms with Crippen molar-refractivity contribution in [3.63, 3.8) is 0 Å². The van der Waals surface area contributed by atoms with Gasteiger partial charge in [0.05, 0.1) is 33.0 Å². The van der Waals surface area contributed by atoms with Crippen molar-refractivity contribution in [2.45, 2.75) is 44.1 Å². The molecule has 1 atom stereocenters. The zero-order valence-corrected chi connectivity index (χ0v) is 21.7. The fourth-order valence-electron chi connectivity index (χ4n) is 4.95. The number of para-hydroxylation sites is 1. The largest absolute Gasteiger partial charge is 0.496 e. The van der Waals surface area contributed by atoms with Crippen molar-refractivity contribution >= 4 is 29.9 Å². The second-order valence-corrected chi connectivity index (χ2v) is 8.61. The molecule has 32 heavy (non-hydrogen) atoms. The lowest BCUT2D eigenvalue weighted by Crippen LogP contribution is -2.48. The lowest BCUT2D eigenvalue weighted by molar-refractivity contribution is -0.00807. The number of methoxy groups -OCH3 is 1. The number of aryl methyl sites for hydroxylation is 1. The molecule has 1 aliphatic heterocycles. The van der Waals surface area contributed by atoms with Crippen molar-refractivity contribution in [1.82, 2.24) is 20.0 Å². The molecule has 7 nitrogen and oxygen atoms in total. The minimum absolute atomic E-state index is 0. The molecular formula is C24H36IN5O2. The maximum atomic E-state index is 6.04. The Bertz CT molecular complexity index is 894. The summed E-state index contributed by atoms with van der Waals surface area (Å²) in [7, 11) is 3.70. The number of aliphatic imine (C=N–C) groups is 1. The SMILES string of the molecule is CCNC(=NCC1(c2ccccc2OC)CCCC1)N1CCOC(c2cnn(C)c2)C1.I. The lowest BCUT2D eigenvalue weighted by Gasteiger charge is -2.36. The molecule has 1 saturated heterocycles. The van der Waals surface area contributed by atoms with E-state index < -0.39 is 0 Å². The number of aromatic nitrogens is 2. The molecule has 0 amide bonds. The summed E-state index contributed by atoms with van der Waals surface area (Å²) in [5, 5.41) is 7.83. The van der Waals surface area contributed by atoms with Crippen LogP contribution >= 0.6 is 24.0 Å². The third-order valence-corrected chi connectivity index (χ3v) is 6.57. The van der Waals surface area contributed by atoms with Crippen LogP contribution in [-0.2, 0) is 17.2 Å². The normalized spacial score (nSPS) is 20.7. The number of benzene rings is 1. The topological polar surface area (TPSA) is 63.9 Å². The predicted molar refractivity (Wildman–Crippen MR) is 138 cm³/mol. The summed E-state index contributed by atoms with van der Waals surface area (Å²) in [5.74, 6) is 1.95. The Kier molecular flexibility index (Phi) is 8.81. The van der Waals surface area contributed by atoms with Gasteiger partial charge in [-0.2, -0.15) is 5.10 Å². The Hall–Kier alpha value is -1.81. The van der Waals surface area contributed by atoms with Crippen LogP contribution in [0.4, 0.5) is 0 Å². The van der Waals surface area contributed by atoms with Crippen molar-refractivity contribution in [1.29, 1.82) is 0 Å². The van der Waals surface area contributed by atoms with Gasteiger partial charge < -0.3 is 19.7 Å². The van der Waals surface area contributed by atoms with Crippen molar-refractivity contribution in [2.24, 2.45) is 12.0 Å². The van der Waals surface area contributed by atoms with E-state index in [9.17, 15) is 0 Å². The van der Waals surface area contributed by atoms with E-state index in [-0.39, 0.29) is 35.5 Å². The fraction of sp³-hybridized carbons (Fsp3) is 0.583. The predicted octanol–water partition coefficient (Wildman–Crippen LogP) is 3.90. The van der Waals surface area contributed by atoms with Crippen LogP contribution in [0.2, 0.25) is 0 Å². The van der Waals surface area contributed by atoms with Gasteiger partial charge in [0.2, 0.25) is 0 Å². The number of hydrogen-bond acceptors (Lipinski definition) is 4. The van der Waals surface area contributed by atoms with Crippen LogP contribution in [0.5, 0.6) is 5.75 Å². The van der Waals surface area contributed by atoms with Gasteiger partial charge in [-0.3, -0.25) is 9.67 Å². The average Bonchev–Trinajstić information content (AvgIpc) is 3.46. The van der Waals surface area contributed by atoms with Crippen molar-refractivity contribution in [2.75, 3.05) is 39.9 Å². The number of nitrogens with one attached hydrogen (secondary N) is 1. The van der Waals surface area contributed by atoms with Crippen molar-refractivity contribution < 1.29 is 9.47 Å². The molecule has 176 valence electrons. The van der Waals surface area contributed by atoms with Crippen LogP contribution in [0.1, 0.15) is 49.8 Å². The number of guanidine groups is 1. The number of ether oxygens (including phenoxy) is 2. The first kappa shape index (κ1) is 24.8. The number of morpholine rings is 1. The molecule has 0 radical (unpaired) electrons. The van der Waals surface area contributed by atoms with Gasteiger partial charge in [0.1, 0.15) is 11.9 Å². The third-order valence-electron chi connectivity index (χ3n) is 6.57. The number of hydrogen-bond donors (Lipinski definition) is 1. The van der Waals surface area contributed by atoms with Crippen molar-refractivity contribution in [3.8, 4) is 5.75 Å². The minimum Gasteiger partial charge on any atom is -0.496 e. The zero-order chi connectivity index (χ0) is 21.7. The van der Waals surface area contributed by atoms with Gasteiger partial charge in [-0.25, -0.2) is 0 Å².